The Kier molecular flexibility index (Phi) is 6.16. The van der Waals surface area contributed by atoms with Crippen LogP contribution >= 0.6 is 0 Å². The molecule has 0 radical (unpaired) electrons. The lowest BCUT2D eigenvalue weighted by Gasteiger charge is -2.32. The minimum Gasteiger partial charge on any atom is -0.497 e. The topological polar surface area (TPSA) is 97.3 Å². The molecule has 1 atom stereocenters. The summed E-state index contributed by atoms with van der Waals surface area (Å²) in [4.78, 5) is 18.3. The van der Waals surface area contributed by atoms with E-state index in [1.165, 1.54) is 0 Å². The summed E-state index contributed by atoms with van der Waals surface area (Å²) < 4.78 is 13.4. The number of rotatable bonds is 6. The molecule has 0 unspecified atom stereocenters. The number of H-pyrrole nitrogens is 1. The number of likely N-dealkylation sites (tertiary alicyclic amines) is 1. The van der Waals surface area contributed by atoms with E-state index in [2.05, 4.69) is 25.5 Å². The molecular formula is C27H30N6O3. The van der Waals surface area contributed by atoms with Gasteiger partial charge >= 0.3 is 0 Å². The van der Waals surface area contributed by atoms with Crippen molar-refractivity contribution in [3.8, 4) is 5.75 Å². The minimum atomic E-state index is -0.0463. The molecule has 2 aliphatic rings. The van der Waals surface area contributed by atoms with Crippen LogP contribution in [0.1, 0.15) is 46.3 Å². The van der Waals surface area contributed by atoms with E-state index >= 15 is 0 Å². The van der Waals surface area contributed by atoms with Crippen molar-refractivity contribution in [2.45, 2.75) is 44.7 Å². The summed E-state index contributed by atoms with van der Waals surface area (Å²) in [6, 6.07) is 15.9. The molecule has 186 valence electrons. The van der Waals surface area contributed by atoms with E-state index in [0.29, 0.717) is 18.7 Å². The van der Waals surface area contributed by atoms with Crippen LogP contribution in [0.5, 0.6) is 5.75 Å². The zero-order valence-electron chi connectivity index (χ0n) is 20.3. The Morgan fingerprint density at radius 2 is 2.00 bits per heavy atom. The molecule has 1 amide bonds. The van der Waals surface area contributed by atoms with Crippen LogP contribution in [0.2, 0.25) is 0 Å². The molecule has 2 N–H and O–H groups in total. The maximum Gasteiger partial charge on any atom is 0.251 e. The van der Waals surface area contributed by atoms with Crippen molar-refractivity contribution in [2.75, 3.05) is 20.2 Å². The third-order valence-corrected chi connectivity index (χ3v) is 7.28. The smallest absolute Gasteiger partial charge is 0.251 e. The fraction of sp³-hybridized carbons (Fsp3) is 0.370. The Hall–Kier alpha value is -3.69. The number of fused-ring (bicyclic) bond motifs is 2. The number of methoxy groups -OCH3 is 1. The number of amides is 1. The predicted molar refractivity (Wildman–Crippen MR) is 135 cm³/mol. The summed E-state index contributed by atoms with van der Waals surface area (Å²) in [6.07, 6.45) is 3.67. The summed E-state index contributed by atoms with van der Waals surface area (Å²) in [6.45, 7) is 3.70. The number of piperidine rings is 1. The maximum absolute atomic E-state index is 12.8. The molecule has 0 bridgehead atoms. The molecule has 9 nitrogen and oxygen atoms in total. The molecule has 2 aromatic carbocycles. The van der Waals surface area contributed by atoms with Crippen LogP contribution < -0.4 is 10.1 Å². The molecule has 1 saturated heterocycles. The zero-order chi connectivity index (χ0) is 24.5. The van der Waals surface area contributed by atoms with Crippen LogP contribution in [0, 0.1) is 0 Å². The number of carbonyl (C=O) groups excluding carboxylic acids is 1. The summed E-state index contributed by atoms with van der Waals surface area (Å²) in [5.41, 5.74) is 4.81. The molecule has 0 spiro atoms. The van der Waals surface area contributed by atoms with Gasteiger partial charge in [-0.25, -0.2) is 4.68 Å². The average molecular weight is 487 g/mol. The maximum atomic E-state index is 12.8. The van der Waals surface area contributed by atoms with Crippen LogP contribution in [0.3, 0.4) is 0 Å². The van der Waals surface area contributed by atoms with Gasteiger partial charge in [-0.05, 0) is 54.1 Å². The van der Waals surface area contributed by atoms with Gasteiger partial charge in [0.25, 0.3) is 5.91 Å². The Morgan fingerprint density at radius 3 is 2.81 bits per heavy atom. The van der Waals surface area contributed by atoms with Crippen molar-refractivity contribution in [3.63, 3.8) is 0 Å². The molecule has 9 heteroatoms. The number of benzene rings is 2. The van der Waals surface area contributed by atoms with Gasteiger partial charge in [0.1, 0.15) is 17.5 Å². The summed E-state index contributed by atoms with van der Waals surface area (Å²) in [5, 5.41) is 13.2. The number of hydrogen-bond donors (Lipinski definition) is 2. The number of hydrogen-bond acceptors (Lipinski definition) is 6. The van der Waals surface area contributed by atoms with E-state index in [9.17, 15) is 4.79 Å². The fourth-order valence-corrected chi connectivity index (χ4v) is 5.11. The molecule has 4 aromatic rings. The van der Waals surface area contributed by atoms with Gasteiger partial charge in [0.2, 0.25) is 0 Å². The van der Waals surface area contributed by atoms with E-state index in [1.54, 1.807) is 7.11 Å². The van der Waals surface area contributed by atoms with Crippen molar-refractivity contribution >= 4 is 16.8 Å². The van der Waals surface area contributed by atoms with E-state index in [1.807, 2.05) is 59.4 Å². The molecular weight excluding hydrogens is 456 g/mol. The van der Waals surface area contributed by atoms with Crippen molar-refractivity contribution in [1.82, 2.24) is 30.2 Å². The van der Waals surface area contributed by atoms with Crippen LogP contribution in [0.25, 0.3) is 10.9 Å². The molecule has 0 saturated carbocycles. The normalized spacial score (nSPS) is 18.8. The lowest BCUT2D eigenvalue weighted by atomic mass is 10.0. The highest BCUT2D eigenvalue weighted by atomic mass is 16.5. The largest absolute Gasteiger partial charge is 0.497 e. The number of carbonyl (C=O) groups is 1. The van der Waals surface area contributed by atoms with Gasteiger partial charge in [-0.3, -0.25) is 9.69 Å². The van der Waals surface area contributed by atoms with E-state index in [0.717, 1.165) is 66.1 Å². The Morgan fingerprint density at radius 1 is 1.17 bits per heavy atom. The standard InChI is InChI=1S/C27H30N6O3/c1-35-22-6-4-19(5-7-22)26-16-33-25(17-36-26)24(30-31-33)15-32-12-9-21(10-13-32)29-27(34)20-3-2-18-8-11-28-23(18)14-20/h2-8,11,14,21,26,28H,9-10,12-13,15-17H2,1H3,(H,29,34)/t26-/m0/s1. The Bertz CT molecular complexity index is 1350. The monoisotopic (exact) mass is 486 g/mol. The highest BCUT2D eigenvalue weighted by Gasteiger charge is 2.27. The summed E-state index contributed by atoms with van der Waals surface area (Å²) in [5.74, 6) is 0.820. The number of aromatic nitrogens is 4. The molecule has 2 aromatic heterocycles. The second-order valence-corrected chi connectivity index (χ2v) is 9.54. The van der Waals surface area contributed by atoms with Crippen molar-refractivity contribution in [1.29, 1.82) is 0 Å². The Labute approximate surface area is 209 Å². The summed E-state index contributed by atoms with van der Waals surface area (Å²) >= 11 is 0. The second-order valence-electron chi connectivity index (χ2n) is 9.54. The first-order valence-electron chi connectivity index (χ1n) is 12.4. The SMILES string of the molecule is COc1ccc([C@@H]2Cn3nnc(CN4CCC(NC(=O)c5ccc6cc[nH]c6c5)CC4)c3CO2)cc1. The summed E-state index contributed by atoms with van der Waals surface area (Å²) in [7, 11) is 1.67. The minimum absolute atomic E-state index is 0.0131. The second kappa shape index (κ2) is 9.75. The number of nitrogens with zero attached hydrogens (tertiary/aromatic N) is 4. The van der Waals surface area contributed by atoms with Crippen LogP contribution in [0.4, 0.5) is 0 Å². The lowest BCUT2D eigenvalue weighted by molar-refractivity contribution is -0.00218. The first-order chi connectivity index (χ1) is 17.7. The van der Waals surface area contributed by atoms with Crippen molar-refractivity contribution in [2.24, 2.45) is 0 Å². The first kappa shape index (κ1) is 22.8. The van der Waals surface area contributed by atoms with Crippen LogP contribution in [-0.4, -0.2) is 57.0 Å². The van der Waals surface area contributed by atoms with Gasteiger partial charge in [-0.1, -0.05) is 23.4 Å². The molecule has 1 fully saturated rings. The third-order valence-electron chi connectivity index (χ3n) is 7.28. The first-order valence-corrected chi connectivity index (χ1v) is 12.4. The van der Waals surface area contributed by atoms with Crippen molar-refractivity contribution in [3.05, 3.63) is 77.2 Å². The van der Waals surface area contributed by atoms with Gasteiger partial charge in [0.15, 0.2) is 0 Å². The van der Waals surface area contributed by atoms with Crippen LogP contribution in [-0.2, 0) is 24.4 Å². The molecule has 2 aliphatic heterocycles. The van der Waals surface area contributed by atoms with Crippen molar-refractivity contribution < 1.29 is 14.3 Å². The quantitative estimate of drug-likeness (QED) is 0.433. The molecule has 4 heterocycles. The van der Waals surface area contributed by atoms with Gasteiger partial charge < -0.3 is 19.8 Å². The molecule has 6 rings (SSSR count). The average Bonchev–Trinajstić information content (AvgIpc) is 3.56. The molecule has 0 aliphatic carbocycles. The fourth-order valence-electron chi connectivity index (χ4n) is 5.11. The van der Waals surface area contributed by atoms with Gasteiger partial charge in [-0.2, -0.15) is 0 Å². The van der Waals surface area contributed by atoms with E-state index < -0.39 is 0 Å². The zero-order valence-corrected chi connectivity index (χ0v) is 20.3. The van der Waals surface area contributed by atoms with Gasteiger partial charge in [0, 0.05) is 43.0 Å². The predicted octanol–water partition coefficient (Wildman–Crippen LogP) is 3.43. The Balaban J connectivity index is 1.02. The third kappa shape index (κ3) is 4.59. The highest BCUT2D eigenvalue weighted by molar-refractivity contribution is 5.98. The number of ether oxygens (including phenoxy) is 2. The number of nitrogens with one attached hydrogen (secondary N) is 2. The van der Waals surface area contributed by atoms with E-state index in [-0.39, 0.29) is 18.1 Å². The van der Waals surface area contributed by atoms with E-state index in [4.69, 9.17) is 9.47 Å². The lowest BCUT2D eigenvalue weighted by Crippen LogP contribution is -2.44. The van der Waals surface area contributed by atoms with Gasteiger partial charge in [0.05, 0.1) is 26.0 Å². The molecule has 36 heavy (non-hydrogen) atoms. The van der Waals surface area contributed by atoms with Crippen LogP contribution in [0.15, 0.2) is 54.7 Å². The van der Waals surface area contributed by atoms with Gasteiger partial charge in [-0.15, -0.1) is 5.10 Å². The highest BCUT2D eigenvalue weighted by Crippen LogP contribution is 2.29. The number of aromatic amines is 1.